The first kappa shape index (κ1) is 23.4. The van der Waals surface area contributed by atoms with Crippen molar-refractivity contribution in [3.8, 4) is 0 Å². The molecule has 0 aromatic heterocycles. The molecule has 0 bridgehead atoms. The summed E-state index contributed by atoms with van der Waals surface area (Å²) in [5.74, 6) is 0. The molecule has 0 aromatic rings. The molecule has 0 aliphatic carbocycles. The molecule has 1 heterocycles. The molecule has 0 N–H and O–H groups in total. The van der Waals surface area contributed by atoms with Crippen LogP contribution in [-0.4, -0.2) is 22.7 Å². The zero-order chi connectivity index (χ0) is 18.1. The van der Waals surface area contributed by atoms with Gasteiger partial charge in [0.2, 0.25) is 0 Å². The van der Waals surface area contributed by atoms with E-state index in [4.69, 9.17) is 23.2 Å². The van der Waals surface area contributed by atoms with E-state index in [1.807, 2.05) is 6.92 Å². The maximum atomic E-state index is 6.45. The molecule has 1 fully saturated rings. The van der Waals surface area contributed by atoms with Crippen LogP contribution in [0.3, 0.4) is 0 Å². The number of hydrogen-bond acceptors (Lipinski definition) is 0. The summed E-state index contributed by atoms with van der Waals surface area (Å²) < 4.78 is 4.89. The van der Waals surface area contributed by atoms with Crippen molar-refractivity contribution in [3.63, 3.8) is 0 Å². The molecule has 1 unspecified atom stereocenters. The average molecular weight is 484 g/mol. The van der Waals surface area contributed by atoms with Crippen molar-refractivity contribution in [1.29, 1.82) is 0 Å². The summed E-state index contributed by atoms with van der Waals surface area (Å²) in [4.78, 5) is 0. The van der Waals surface area contributed by atoms with Crippen LogP contribution in [0.15, 0.2) is 0 Å². The van der Waals surface area contributed by atoms with Gasteiger partial charge in [0.15, 0.2) is 0 Å². The molecule has 1 aliphatic rings. The first-order valence-electron chi connectivity index (χ1n) is 10.7. The molecule has 0 spiro atoms. The number of halogens is 2. The summed E-state index contributed by atoms with van der Waals surface area (Å²) in [6.07, 6.45) is 17.0. The van der Waals surface area contributed by atoms with E-state index in [9.17, 15) is 0 Å². The number of unbranched alkanes of at least 4 members (excludes halogenated alkanes) is 3. The third-order valence-corrected chi connectivity index (χ3v) is 26.6. The van der Waals surface area contributed by atoms with Crippen LogP contribution in [0.1, 0.15) is 105 Å². The van der Waals surface area contributed by atoms with Crippen LogP contribution in [0.2, 0.25) is 16.7 Å². The standard InChI is InChI=1S/C13H26.C4H7Cl2.C4H9.Sn/c1-4-7-10-13(11-8-5-2)12-9-6-3;1-3-4(2,5)6;1-3-4-2;/h1,4-12H2,2-3H3;1,3H2,2H3;1,3-4H2,2H3;. The summed E-state index contributed by atoms with van der Waals surface area (Å²) >= 11 is 10.6. The van der Waals surface area contributed by atoms with E-state index >= 15 is 0 Å². The molecule has 0 amide bonds. The van der Waals surface area contributed by atoms with Gasteiger partial charge in [0.25, 0.3) is 0 Å². The number of alkyl halides is 2. The van der Waals surface area contributed by atoms with Crippen molar-refractivity contribution in [2.75, 3.05) is 0 Å². The molecule has 24 heavy (non-hydrogen) atoms. The Bertz CT molecular complexity index is 329. The summed E-state index contributed by atoms with van der Waals surface area (Å²) in [5.41, 5.74) is 0. The van der Waals surface area contributed by atoms with Gasteiger partial charge in [-0.25, -0.2) is 0 Å². The molecule has 1 atom stereocenters. The van der Waals surface area contributed by atoms with E-state index in [0.717, 1.165) is 9.85 Å². The van der Waals surface area contributed by atoms with Gasteiger partial charge in [-0.1, -0.05) is 0 Å². The zero-order valence-corrected chi connectivity index (χ0v) is 21.2. The maximum absolute atomic E-state index is 6.45. The summed E-state index contributed by atoms with van der Waals surface area (Å²) in [6.45, 7) is 9.12. The molecule has 0 saturated carbocycles. The van der Waals surface area contributed by atoms with Gasteiger partial charge in [-0.05, 0) is 0 Å². The van der Waals surface area contributed by atoms with Crippen molar-refractivity contribution in [2.24, 2.45) is 0 Å². The van der Waals surface area contributed by atoms with Crippen molar-refractivity contribution in [3.05, 3.63) is 0 Å². The molecular weight excluding hydrogens is 442 g/mol. The second-order valence-electron chi connectivity index (χ2n) is 8.65. The van der Waals surface area contributed by atoms with Crippen LogP contribution in [-0.2, 0) is 0 Å². The Morgan fingerprint density at radius 3 is 1.96 bits per heavy atom. The predicted octanol–water partition coefficient (Wildman–Crippen LogP) is 9.12. The minimum atomic E-state index is -2.27. The van der Waals surface area contributed by atoms with Gasteiger partial charge >= 0.3 is 167 Å². The molecule has 0 nitrogen and oxygen atoms in total. The van der Waals surface area contributed by atoms with Crippen molar-refractivity contribution < 1.29 is 0 Å². The number of rotatable bonds is 12. The van der Waals surface area contributed by atoms with Crippen LogP contribution in [0.25, 0.3) is 0 Å². The SMILES string of the molecule is CCCC[C]1(CCCC)CCC[CH2][Sn]1([CH2]CCC)[CH2]CC(C)(Cl)Cl. The van der Waals surface area contributed by atoms with Crippen LogP contribution in [0, 0.1) is 0 Å². The van der Waals surface area contributed by atoms with Crippen molar-refractivity contribution in [1.82, 2.24) is 0 Å². The second-order valence-corrected chi connectivity index (χ2v) is 25.1. The van der Waals surface area contributed by atoms with Gasteiger partial charge in [-0.2, -0.15) is 0 Å². The average Bonchev–Trinajstić information content (AvgIpc) is 2.55. The molecule has 1 saturated heterocycles. The monoisotopic (exact) mass is 484 g/mol. The van der Waals surface area contributed by atoms with E-state index in [1.165, 1.54) is 75.1 Å². The molecule has 144 valence electrons. The van der Waals surface area contributed by atoms with Gasteiger partial charge in [-0.15, -0.1) is 0 Å². The number of hydrogen-bond donors (Lipinski definition) is 0. The third-order valence-electron chi connectivity index (χ3n) is 6.75. The van der Waals surface area contributed by atoms with Gasteiger partial charge in [0.1, 0.15) is 0 Å². The topological polar surface area (TPSA) is 0 Å². The van der Waals surface area contributed by atoms with Crippen molar-refractivity contribution in [2.45, 2.75) is 126 Å². The summed E-state index contributed by atoms with van der Waals surface area (Å²) in [5, 5.41) is 0. The molecular formula is C21H42Cl2Sn. The van der Waals surface area contributed by atoms with Crippen LogP contribution < -0.4 is 0 Å². The Balaban J connectivity index is 3.11. The van der Waals surface area contributed by atoms with E-state index in [-0.39, 0.29) is 0 Å². The summed E-state index contributed by atoms with van der Waals surface area (Å²) in [7, 11) is 0. The fourth-order valence-electron chi connectivity index (χ4n) is 5.27. The predicted molar refractivity (Wildman–Crippen MR) is 115 cm³/mol. The zero-order valence-electron chi connectivity index (χ0n) is 16.9. The molecule has 1 rings (SSSR count). The van der Waals surface area contributed by atoms with Crippen LogP contribution >= 0.6 is 23.2 Å². The fourth-order valence-corrected chi connectivity index (χ4v) is 27.5. The van der Waals surface area contributed by atoms with Crippen molar-refractivity contribution >= 4 is 41.6 Å². The Kier molecular flexibility index (Phi) is 11.0. The quantitative estimate of drug-likeness (QED) is 0.192. The molecule has 0 aromatic carbocycles. The minimum absolute atomic E-state index is 0.519. The molecule has 3 heteroatoms. The van der Waals surface area contributed by atoms with Crippen LogP contribution in [0.4, 0.5) is 0 Å². The van der Waals surface area contributed by atoms with Crippen LogP contribution in [0.5, 0.6) is 0 Å². The van der Waals surface area contributed by atoms with Gasteiger partial charge in [0, 0.05) is 0 Å². The Hall–Kier alpha value is 1.38. The van der Waals surface area contributed by atoms with E-state index < -0.39 is 22.7 Å². The summed E-state index contributed by atoms with van der Waals surface area (Å²) in [6, 6.07) is 0. The Morgan fingerprint density at radius 1 is 0.875 bits per heavy atom. The van der Waals surface area contributed by atoms with Gasteiger partial charge in [-0.3, -0.25) is 0 Å². The normalized spacial score (nSPS) is 24.2. The third kappa shape index (κ3) is 6.84. The van der Waals surface area contributed by atoms with Gasteiger partial charge < -0.3 is 0 Å². The Labute approximate surface area is 166 Å². The molecule has 0 radical (unpaired) electrons. The second kappa shape index (κ2) is 11.3. The first-order valence-corrected chi connectivity index (χ1v) is 19.0. The van der Waals surface area contributed by atoms with E-state index in [2.05, 4.69) is 20.8 Å². The van der Waals surface area contributed by atoms with Gasteiger partial charge in [0.05, 0.1) is 0 Å². The fraction of sp³-hybridized carbons (Fsp3) is 1.00. The van der Waals surface area contributed by atoms with E-state index in [1.54, 1.807) is 8.87 Å². The first-order chi connectivity index (χ1) is 11.3. The van der Waals surface area contributed by atoms with E-state index in [0.29, 0.717) is 0 Å². The molecule has 1 aliphatic heterocycles. The Morgan fingerprint density at radius 2 is 1.46 bits per heavy atom.